The van der Waals surface area contributed by atoms with Gasteiger partial charge >= 0.3 is 0 Å². The van der Waals surface area contributed by atoms with Gasteiger partial charge in [-0.1, -0.05) is 39.0 Å². The van der Waals surface area contributed by atoms with Crippen molar-refractivity contribution < 1.29 is 9.53 Å². The lowest BCUT2D eigenvalue weighted by molar-refractivity contribution is -0.115. The molecule has 1 amide bonds. The lowest BCUT2D eigenvalue weighted by Crippen LogP contribution is -2.31. The molecule has 1 rings (SSSR count). The normalized spacial score (nSPS) is 11.4. The van der Waals surface area contributed by atoms with Crippen LogP contribution in [0.2, 0.25) is 0 Å². The van der Waals surface area contributed by atoms with Crippen LogP contribution in [0.4, 0.5) is 5.69 Å². The van der Waals surface area contributed by atoms with Crippen molar-refractivity contribution in [3.05, 3.63) is 29.8 Å². The van der Waals surface area contributed by atoms with Crippen LogP contribution in [0.5, 0.6) is 0 Å². The predicted molar refractivity (Wildman–Crippen MR) is 78.5 cm³/mol. The maximum atomic E-state index is 11.8. The van der Waals surface area contributed by atoms with Crippen LogP contribution in [0, 0.1) is 0 Å². The lowest BCUT2D eigenvalue weighted by atomic mass is 9.86. The number of nitrogens with one attached hydrogen (secondary N) is 2. The van der Waals surface area contributed by atoms with Crippen molar-refractivity contribution in [3.8, 4) is 0 Å². The maximum absolute atomic E-state index is 11.8. The Bertz CT molecular complexity index is 411. The molecule has 0 heterocycles. The second-order valence-electron chi connectivity index (χ2n) is 5.51. The summed E-state index contributed by atoms with van der Waals surface area (Å²) in [5.41, 5.74) is 2.03. The summed E-state index contributed by atoms with van der Waals surface area (Å²) in [6.07, 6.45) is 0. The monoisotopic (exact) mass is 264 g/mol. The number of rotatable bonds is 6. The molecule has 0 aliphatic carbocycles. The number of anilines is 1. The zero-order valence-corrected chi connectivity index (χ0v) is 12.2. The highest BCUT2D eigenvalue weighted by atomic mass is 16.5. The summed E-state index contributed by atoms with van der Waals surface area (Å²) in [5, 5.41) is 5.98. The molecule has 0 aliphatic rings. The van der Waals surface area contributed by atoms with E-state index in [0.29, 0.717) is 19.7 Å². The molecule has 1 aromatic rings. The molecule has 0 bridgehead atoms. The minimum absolute atomic E-state index is 0.00729. The van der Waals surface area contributed by atoms with Crippen LogP contribution < -0.4 is 10.6 Å². The third kappa shape index (κ3) is 5.41. The second kappa shape index (κ2) is 7.26. The van der Waals surface area contributed by atoms with Gasteiger partial charge in [0.2, 0.25) is 5.91 Å². The first kappa shape index (κ1) is 15.7. The van der Waals surface area contributed by atoms with E-state index in [4.69, 9.17) is 4.74 Å². The fraction of sp³-hybridized carbons (Fsp3) is 0.533. The number of para-hydroxylation sites is 1. The Kier molecular flexibility index (Phi) is 5.99. The van der Waals surface area contributed by atoms with E-state index in [1.54, 1.807) is 7.11 Å². The zero-order valence-electron chi connectivity index (χ0n) is 12.2. The van der Waals surface area contributed by atoms with Crippen LogP contribution in [0.15, 0.2) is 24.3 Å². The zero-order chi connectivity index (χ0) is 14.3. The first-order valence-corrected chi connectivity index (χ1v) is 6.54. The molecule has 0 fully saturated rings. The third-order valence-electron chi connectivity index (χ3n) is 2.78. The Morgan fingerprint density at radius 1 is 1.26 bits per heavy atom. The Hall–Kier alpha value is -1.39. The summed E-state index contributed by atoms with van der Waals surface area (Å²) in [6.45, 7) is 7.97. The van der Waals surface area contributed by atoms with Crippen molar-refractivity contribution in [2.45, 2.75) is 26.2 Å². The van der Waals surface area contributed by atoms with Gasteiger partial charge in [0.15, 0.2) is 0 Å². The topological polar surface area (TPSA) is 50.4 Å². The van der Waals surface area contributed by atoms with Crippen LogP contribution >= 0.6 is 0 Å². The molecule has 0 saturated heterocycles. The number of ether oxygens (including phenoxy) is 1. The van der Waals surface area contributed by atoms with E-state index in [9.17, 15) is 4.79 Å². The highest BCUT2D eigenvalue weighted by Crippen LogP contribution is 2.28. The largest absolute Gasteiger partial charge is 0.383 e. The molecule has 2 N–H and O–H groups in total. The van der Waals surface area contributed by atoms with Crippen LogP contribution in [0.25, 0.3) is 0 Å². The molecule has 4 nitrogen and oxygen atoms in total. The molecule has 0 aromatic heterocycles. The minimum Gasteiger partial charge on any atom is -0.383 e. The van der Waals surface area contributed by atoms with Crippen molar-refractivity contribution in [1.82, 2.24) is 5.32 Å². The molecule has 4 heteroatoms. The standard InChI is InChI=1S/C15H24N2O2/c1-15(2,3)12-7-5-6-8-13(12)17-14(18)11-16-9-10-19-4/h5-8,16H,9-11H2,1-4H3,(H,17,18). The van der Waals surface area contributed by atoms with Crippen molar-refractivity contribution in [2.24, 2.45) is 0 Å². The first-order valence-electron chi connectivity index (χ1n) is 6.54. The van der Waals surface area contributed by atoms with E-state index < -0.39 is 0 Å². The summed E-state index contributed by atoms with van der Waals surface area (Å²) in [7, 11) is 1.64. The number of methoxy groups -OCH3 is 1. The van der Waals surface area contributed by atoms with Gasteiger partial charge in [-0.3, -0.25) is 4.79 Å². The van der Waals surface area contributed by atoms with Crippen molar-refractivity contribution in [2.75, 3.05) is 32.1 Å². The van der Waals surface area contributed by atoms with Gasteiger partial charge in [0.05, 0.1) is 13.2 Å². The SMILES string of the molecule is COCCNCC(=O)Nc1ccccc1C(C)(C)C. The summed E-state index contributed by atoms with van der Waals surface area (Å²) in [4.78, 5) is 11.8. The average Bonchev–Trinajstić information content (AvgIpc) is 2.34. The number of hydrogen-bond acceptors (Lipinski definition) is 3. The van der Waals surface area contributed by atoms with Crippen molar-refractivity contribution >= 4 is 11.6 Å². The van der Waals surface area contributed by atoms with Crippen LogP contribution in [-0.4, -0.2) is 32.7 Å². The van der Waals surface area contributed by atoms with Gasteiger partial charge in [-0.15, -0.1) is 0 Å². The van der Waals surface area contributed by atoms with E-state index in [1.165, 1.54) is 0 Å². The molecule has 19 heavy (non-hydrogen) atoms. The third-order valence-corrected chi connectivity index (χ3v) is 2.78. The van der Waals surface area contributed by atoms with Gasteiger partial charge in [-0.25, -0.2) is 0 Å². The highest BCUT2D eigenvalue weighted by molar-refractivity contribution is 5.93. The van der Waals surface area contributed by atoms with E-state index >= 15 is 0 Å². The Morgan fingerprint density at radius 2 is 1.95 bits per heavy atom. The van der Waals surface area contributed by atoms with Crippen LogP contribution in [0.1, 0.15) is 26.3 Å². The molecule has 0 aliphatic heterocycles. The molecule has 0 radical (unpaired) electrons. The summed E-state index contributed by atoms with van der Waals surface area (Å²) < 4.78 is 4.91. The van der Waals surface area contributed by atoms with Gasteiger partial charge in [0.1, 0.15) is 0 Å². The Labute approximate surface area is 115 Å². The van der Waals surface area contributed by atoms with Crippen LogP contribution in [0.3, 0.4) is 0 Å². The minimum atomic E-state index is -0.0344. The Morgan fingerprint density at radius 3 is 2.58 bits per heavy atom. The summed E-state index contributed by atoms with van der Waals surface area (Å²) >= 11 is 0. The molecular formula is C15H24N2O2. The van der Waals surface area contributed by atoms with E-state index in [-0.39, 0.29) is 11.3 Å². The molecule has 0 atom stereocenters. The average molecular weight is 264 g/mol. The van der Waals surface area contributed by atoms with E-state index in [1.807, 2.05) is 24.3 Å². The lowest BCUT2D eigenvalue weighted by Gasteiger charge is -2.23. The first-order chi connectivity index (χ1) is 8.95. The van der Waals surface area contributed by atoms with Crippen molar-refractivity contribution in [3.63, 3.8) is 0 Å². The summed E-state index contributed by atoms with van der Waals surface area (Å²) in [6, 6.07) is 7.91. The maximum Gasteiger partial charge on any atom is 0.238 e. The molecule has 0 saturated carbocycles. The van der Waals surface area contributed by atoms with Crippen LogP contribution in [-0.2, 0) is 14.9 Å². The highest BCUT2D eigenvalue weighted by Gasteiger charge is 2.18. The second-order valence-corrected chi connectivity index (χ2v) is 5.51. The number of hydrogen-bond donors (Lipinski definition) is 2. The van der Waals surface area contributed by atoms with Crippen molar-refractivity contribution in [1.29, 1.82) is 0 Å². The smallest absolute Gasteiger partial charge is 0.238 e. The predicted octanol–water partition coefficient (Wildman–Crippen LogP) is 2.16. The number of carbonyl (C=O) groups is 1. The Balaban J connectivity index is 2.59. The van der Waals surface area contributed by atoms with Gasteiger partial charge in [0.25, 0.3) is 0 Å². The number of carbonyl (C=O) groups excluding carboxylic acids is 1. The fourth-order valence-corrected chi connectivity index (χ4v) is 1.82. The van der Waals surface area contributed by atoms with Gasteiger partial charge < -0.3 is 15.4 Å². The number of benzene rings is 1. The quantitative estimate of drug-likeness (QED) is 0.774. The fourth-order valence-electron chi connectivity index (χ4n) is 1.82. The van der Waals surface area contributed by atoms with Gasteiger partial charge in [-0.05, 0) is 17.0 Å². The molecule has 1 aromatic carbocycles. The molecule has 0 unspecified atom stereocenters. The summed E-state index contributed by atoms with van der Waals surface area (Å²) in [5.74, 6) is -0.0344. The van der Waals surface area contributed by atoms with E-state index in [2.05, 4.69) is 31.4 Å². The van der Waals surface area contributed by atoms with Gasteiger partial charge in [-0.2, -0.15) is 0 Å². The van der Waals surface area contributed by atoms with E-state index in [0.717, 1.165) is 11.3 Å². The molecule has 0 spiro atoms. The molecule has 106 valence electrons. The number of amides is 1. The van der Waals surface area contributed by atoms with Gasteiger partial charge in [0, 0.05) is 19.3 Å². The molecular weight excluding hydrogens is 240 g/mol.